The zero-order chi connectivity index (χ0) is 22.4. The molecule has 2 aromatic rings. The third kappa shape index (κ3) is 8.41. The van der Waals surface area contributed by atoms with Gasteiger partial charge in [0.25, 0.3) is 10.1 Å². The highest BCUT2D eigenvalue weighted by Crippen LogP contribution is 2.29. The molecular formula is C21H30N2O5S2. The fourth-order valence-electron chi connectivity index (χ4n) is 2.88. The molecule has 0 bridgehead atoms. The van der Waals surface area contributed by atoms with Crippen molar-refractivity contribution in [2.24, 2.45) is 0 Å². The Morgan fingerprint density at radius 2 is 1.87 bits per heavy atom. The second kappa shape index (κ2) is 10.4. The third-order valence-electron chi connectivity index (χ3n) is 4.20. The molecule has 1 heterocycles. The molecule has 0 spiro atoms. The maximum atomic E-state index is 12.3. The van der Waals surface area contributed by atoms with Crippen molar-refractivity contribution in [3.63, 3.8) is 0 Å². The molecule has 1 N–H and O–H groups in total. The number of hydrogen-bond acceptors (Lipinski definition) is 7. The van der Waals surface area contributed by atoms with Crippen molar-refractivity contribution in [2.75, 3.05) is 12.9 Å². The summed E-state index contributed by atoms with van der Waals surface area (Å²) < 4.78 is 32.4. The van der Waals surface area contributed by atoms with Gasteiger partial charge in [-0.15, -0.1) is 11.3 Å². The molecule has 9 heteroatoms. The van der Waals surface area contributed by atoms with Crippen LogP contribution in [-0.4, -0.2) is 38.0 Å². The number of carbonyl (C=O) groups is 1. The van der Waals surface area contributed by atoms with E-state index in [1.807, 2.05) is 57.5 Å². The Kier molecular flexibility index (Phi) is 8.40. The number of unbranched alkanes of at least 4 members (excludes halogenated alkanes) is 1. The summed E-state index contributed by atoms with van der Waals surface area (Å²) in [6, 6.07) is 7.76. The highest BCUT2D eigenvalue weighted by atomic mass is 32.2. The van der Waals surface area contributed by atoms with Gasteiger partial charge in [-0.25, -0.2) is 9.78 Å². The Bertz CT molecular complexity index is 931. The number of aryl methyl sites for hydroxylation is 1. The predicted octanol–water partition coefficient (Wildman–Crippen LogP) is 4.83. The smallest absolute Gasteiger partial charge is 0.408 e. The summed E-state index contributed by atoms with van der Waals surface area (Å²) in [5.74, 6) is 0. The Labute approximate surface area is 183 Å². The lowest BCUT2D eigenvalue weighted by molar-refractivity contribution is 0.0500. The number of rotatable bonds is 9. The normalized spacial score (nSPS) is 13.1. The van der Waals surface area contributed by atoms with E-state index >= 15 is 0 Å². The molecule has 0 aliphatic heterocycles. The monoisotopic (exact) mass is 454 g/mol. The molecule has 2 rings (SSSR count). The van der Waals surface area contributed by atoms with Crippen LogP contribution in [0.4, 0.5) is 4.79 Å². The van der Waals surface area contributed by atoms with Crippen molar-refractivity contribution in [1.29, 1.82) is 0 Å². The fraction of sp³-hybridized carbons (Fsp3) is 0.524. The average Bonchev–Trinajstić information content (AvgIpc) is 3.04. The van der Waals surface area contributed by atoms with Crippen LogP contribution in [0.2, 0.25) is 0 Å². The van der Waals surface area contributed by atoms with E-state index in [0.717, 1.165) is 28.0 Å². The van der Waals surface area contributed by atoms with Crippen molar-refractivity contribution >= 4 is 27.5 Å². The molecule has 1 aromatic carbocycles. The lowest BCUT2D eigenvalue weighted by Gasteiger charge is -2.24. The van der Waals surface area contributed by atoms with Crippen molar-refractivity contribution < 1.29 is 22.1 Å². The van der Waals surface area contributed by atoms with Crippen LogP contribution in [0.3, 0.4) is 0 Å². The summed E-state index contributed by atoms with van der Waals surface area (Å²) in [6.07, 6.45) is 2.43. The minimum Gasteiger partial charge on any atom is -0.444 e. The van der Waals surface area contributed by atoms with Gasteiger partial charge in [-0.3, -0.25) is 4.18 Å². The number of amides is 1. The van der Waals surface area contributed by atoms with E-state index in [4.69, 9.17) is 8.92 Å². The van der Waals surface area contributed by atoms with Crippen LogP contribution in [0.1, 0.15) is 57.3 Å². The topological polar surface area (TPSA) is 94.6 Å². The predicted molar refractivity (Wildman–Crippen MR) is 119 cm³/mol. The minimum atomic E-state index is -3.44. The average molecular weight is 455 g/mol. The molecule has 166 valence electrons. The third-order valence-corrected chi connectivity index (χ3v) is 5.77. The number of benzene rings is 1. The van der Waals surface area contributed by atoms with Crippen LogP contribution >= 0.6 is 11.3 Å². The summed E-state index contributed by atoms with van der Waals surface area (Å²) in [4.78, 5) is 17.7. The van der Waals surface area contributed by atoms with E-state index in [1.165, 1.54) is 0 Å². The molecule has 0 saturated heterocycles. The van der Waals surface area contributed by atoms with Gasteiger partial charge in [-0.2, -0.15) is 8.42 Å². The van der Waals surface area contributed by atoms with Crippen LogP contribution in [-0.2, 0) is 19.0 Å². The molecule has 0 aliphatic rings. The van der Waals surface area contributed by atoms with Crippen LogP contribution < -0.4 is 5.32 Å². The molecule has 0 fully saturated rings. The van der Waals surface area contributed by atoms with E-state index in [9.17, 15) is 13.2 Å². The summed E-state index contributed by atoms with van der Waals surface area (Å²) in [7, 11) is -3.44. The number of aromatic nitrogens is 1. The van der Waals surface area contributed by atoms with Crippen LogP contribution in [0.25, 0.3) is 10.4 Å². The highest BCUT2D eigenvalue weighted by molar-refractivity contribution is 7.85. The Balaban J connectivity index is 2.07. The maximum absolute atomic E-state index is 12.3. The fourth-order valence-corrected chi connectivity index (χ4v) is 4.11. The quantitative estimate of drug-likeness (QED) is 0.431. The van der Waals surface area contributed by atoms with Gasteiger partial charge in [-0.05, 0) is 58.1 Å². The zero-order valence-corrected chi connectivity index (χ0v) is 19.7. The molecule has 0 aliphatic carbocycles. The SMILES string of the molecule is Cc1ncsc1-c1ccc([C@H](CCCCOS(C)(=O)=O)NC(=O)OC(C)(C)C)cc1. The molecule has 0 saturated carbocycles. The van der Waals surface area contributed by atoms with E-state index in [-0.39, 0.29) is 12.6 Å². The lowest BCUT2D eigenvalue weighted by atomic mass is 9.99. The molecule has 1 aromatic heterocycles. The van der Waals surface area contributed by atoms with Gasteiger partial charge in [0.1, 0.15) is 5.60 Å². The molecule has 0 radical (unpaired) electrons. The summed E-state index contributed by atoms with van der Waals surface area (Å²) in [5, 5.41) is 2.93. The van der Waals surface area contributed by atoms with Gasteiger partial charge in [-0.1, -0.05) is 24.3 Å². The summed E-state index contributed by atoms with van der Waals surface area (Å²) >= 11 is 1.59. The Morgan fingerprint density at radius 1 is 1.20 bits per heavy atom. The van der Waals surface area contributed by atoms with Gasteiger partial charge >= 0.3 is 6.09 Å². The van der Waals surface area contributed by atoms with Crippen molar-refractivity contribution in [3.05, 3.63) is 41.0 Å². The molecule has 7 nitrogen and oxygen atoms in total. The molecule has 1 amide bonds. The molecule has 1 atom stereocenters. The van der Waals surface area contributed by atoms with Gasteiger partial charge in [0.05, 0.1) is 35.0 Å². The lowest BCUT2D eigenvalue weighted by Crippen LogP contribution is -2.35. The van der Waals surface area contributed by atoms with Crippen LogP contribution in [0.15, 0.2) is 29.8 Å². The summed E-state index contributed by atoms with van der Waals surface area (Å²) in [5.41, 5.74) is 4.25. The maximum Gasteiger partial charge on any atom is 0.408 e. The van der Waals surface area contributed by atoms with E-state index < -0.39 is 21.8 Å². The zero-order valence-electron chi connectivity index (χ0n) is 18.1. The first-order valence-corrected chi connectivity index (χ1v) is 12.5. The number of carbonyl (C=O) groups excluding carboxylic acids is 1. The van der Waals surface area contributed by atoms with Gasteiger partial charge in [0.2, 0.25) is 0 Å². The standard InChI is InChI=1S/C21H30N2O5S2/c1-15-19(29-14-22-15)17-11-9-16(10-12-17)18(23-20(24)28-21(2,3)4)8-6-7-13-27-30(5,25)26/h9-12,14,18H,6-8,13H2,1-5H3,(H,23,24)/t18-/m0/s1. The van der Waals surface area contributed by atoms with Crippen molar-refractivity contribution in [2.45, 2.75) is 58.6 Å². The Hall–Kier alpha value is -1.97. The van der Waals surface area contributed by atoms with Gasteiger partial charge in [0, 0.05) is 0 Å². The largest absolute Gasteiger partial charge is 0.444 e. The van der Waals surface area contributed by atoms with E-state index in [0.29, 0.717) is 19.3 Å². The second-order valence-corrected chi connectivity index (χ2v) is 10.6. The highest BCUT2D eigenvalue weighted by Gasteiger charge is 2.21. The van der Waals surface area contributed by atoms with E-state index in [2.05, 4.69) is 10.3 Å². The van der Waals surface area contributed by atoms with E-state index in [1.54, 1.807) is 11.3 Å². The first-order chi connectivity index (χ1) is 13.9. The van der Waals surface area contributed by atoms with Crippen molar-refractivity contribution in [1.82, 2.24) is 10.3 Å². The van der Waals surface area contributed by atoms with Crippen LogP contribution in [0, 0.1) is 6.92 Å². The molecule has 30 heavy (non-hydrogen) atoms. The summed E-state index contributed by atoms with van der Waals surface area (Å²) in [6.45, 7) is 7.55. The number of nitrogens with one attached hydrogen (secondary N) is 1. The number of thiazole rings is 1. The number of ether oxygens (including phenoxy) is 1. The van der Waals surface area contributed by atoms with Gasteiger partial charge in [0.15, 0.2) is 0 Å². The van der Waals surface area contributed by atoms with Crippen LogP contribution in [0.5, 0.6) is 0 Å². The Morgan fingerprint density at radius 3 is 2.40 bits per heavy atom. The number of alkyl carbamates (subject to hydrolysis) is 1. The first-order valence-electron chi connectivity index (χ1n) is 9.79. The van der Waals surface area contributed by atoms with Crippen molar-refractivity contribution in [3.8, 4) is 10.4 Å². The molecule has 0 unspecified atom stereocenters. The first kappa shape index (κ1) is 24.3. The number of hydrogen-bond donors (Lipinski definition) is 1. The molecular weight excluding hydrogens is 424 g/mol. The minimum absolute atomic E-state index is 0.127. The second-order valence-electron chi connectivity index (χ2n) is 8.11. The van der Waals surface area contributed by atoms with Gasteiger partial charge < -0.3 is 10.1 Å². The number of nitrogens with zero attached hydrogens (tertiary/aromatic N) is 1.